The van der Waals surface area contributed by atoms with E-state index < -0.39 is 6.10 Å². The minimum absolute atomic E-state index is 0.633. The molecule has 1 atom stereocenters. The molecule has 2 heterocycles. The van der Waals surface area contributed by atoms with Crippen LogP contribution in [0.15, 0.2) is 16.7 Å². The molecular formula is C14H20BrN3OS. The molecule has 0 spiro atoms. The lowest BCUT2D eigenvalue weighted by molar-refractivity contribution is 0.208. The number of aliphatic hydroxyl groups excluding tert-OH is 1. The first-order valence-electron chi connectivity index (χ1n) is 6.51. The predicted octanol–water partition coefficient (Wildman–Crippen LogP) is 2.97. The lowest BCUT2D eigenvalue weighted by Gasteiger charge is -2.15. The van der Waals surface area contributed by atoms with Gasteiger partial charge in [-0.15, -0.1) is 11.3 Å². The zero-order valence-corrected chi connectivity index (χ0v) is 14.6. The third-order valence-electron chi connectivity index (χ3n) is 3.31. The Hall–Kier alpha value is -0.690. The topological polar surface area (TPSA) is 41.3 Å². The van der Waals surface area contributed by atoms with Gasteiger partial charge in [-0.25, -0.2) is 0 Å². The summed E-state index contributed by atoms with van der Waals surface area (Å²) in [7, 11) is 4.06. The molecule has 0 amide bonds. The second-order valence-corrected chi connectivity index (χ2v) is 7.34. The van der Waals surface area contributed by atoms with Crippen molar-refractivity contribution in [1.29, 1.82) is 0 Å². The molecule has 20 heavy (non-hydrogen) atoms. The van der Waals surface area contributed by atoms with Gasteiger partial charge in [0.15, 0.2) is 0 Å². The van der Waals surface area contributed by atoms with Gasteiger partial charge in [-0.2, -0.15) is 5.10 Å². The monoisotopic (exact) mass is 357 g/mol. The summed E-state index contributed by atoms with van der Waals surface area (Å²) in [6.45, 7) is 5.79. The van der Waals surface area contributed by atoms with Crippen LogP contribution >= 0.6 is 27.3 Å². The number of hydrogen-bond acceptors (Lipinski definition) is 4. The van der Waals surface area contributed by atoms with Crippen molar-refractivity contribution in [2.75, 3.05) is 20.6 Å². The normalized spacial score (nSPS) is 13.2. The second-order valence-electron chi connectivity index (χ2n) is 5.19. The molecule has 0 bridgehead atoms. The van der Waals surface area contributed by atoms with Crippen LogP contribution in [0.2, 0.25) is 0 Å². The quantitative estimate of drug-likeness (QED) is 0.894. The van der Waals surface area contributed by atoms with Gasteiger partial charge in [0.25, 0.3) is 0 Å². The van der Waals surface area contributed by atoms with Crippen LogP contribution in [-0.2, 0) is 6.54 Å². The number of aromatic nitrogens is 2. The smallest absolute Gasteiger partial charge is 0.131 e. The molecule has 0 saturated heterocycles. The van der Waals surface area contributed by atoms with Gasteiger partial charge in [0.05, 0.1) is 22.9 Å². The molecule has 0 aromatic carbocycles. The lowest BCUT2D eigenvalue weighted by Crippen LogP contribution is -2.21. The molecular weight excluding hydrogens is 338 g/mol. The zero-order chi connectivity index (χ0) is 14.9. The summed E-state index contributed by atoms with van der Waals surface area (Å²) in [6, 6.07) is 2.06. The summed E-state index contributed by atoms with van der Waals surface area (Å²) in [4.78, 5) is 4.31. The van der Waals surface area contributed by atoms with E-state index in [1.54, 1.807) is 17.5 Å². The van der Waals surface area contributed by atoms with E-state index in [0.29, 0.717) is 0 Å². The van der Waals surface area contributed by atoms with Gasteiger partial charge < -0.3 is 10.0 Å². The molecule has 0 aliphatic heterocycles. The molecule has 6 heteroatoms. The maximum absolute atomic E-state index is 10.7. The van der Waals surface area contributed by atoms with Crippen molar-refractivity contribution >= 4 is 27.3 Å². The molecule has 1 unspecified atom stereocenters. The maximum atomic E-state index is 10.7. The van der Waals surface area contributed by atoms with Gasteiger partial charge in [-0.1, -0.05) is 0 Å². The number of likely N-dealkylation sites (N-methyl/N-ethyl adjacent to an activating group) is 1. The number of aliphatic hydroxyl groups is 1. The summed E-state index contributed by atoms with van der Waals surface area (Å²) in [5.74, 6) is 0. The predicted molar refractivity (Wildman–Crippen MR) is 86.3 cm³/mol. The van der Waals surface area contributed by atoms with Gasteiger partial charge in [0.1, 0.15) is 6.10 Å². The van der Waals surface area contributed by atoms with Gasteiger partial charge in [0, 0.05) is 16.3 Å². The Morgan fingerprint density at radius 3 is 2.70 bits per heavy atom. The van der Waals surface area contributed by atoms with Gasteiger partial charge in [-0.3, -0.25) is 4.68 Å². The van der Waals surface area contributed by atoms with E-state index in [4.69, 9.17) is 0 Å². The maximum Gasteiger partial charge on any atom is 0.131 e. The third kappa shape index (κ3) is 3.31. The van der Waals surface area contributed by atoms with Crippen LogP contribution in [0.1, 0.15) is 27.1 Å². The molecule has 0 fully saturated rings. The van der Waals surface area contributed by atoms with E-state index in [1.807, 2.05) is 18.8 Å². The molecule has 4 nitrogen and oxygen atoms in total. The summed E-state index contributed by atoms with van der Waals surface area (Å²) >= 11 is 5.14. The molecule has 1 N–H and O–H groups in total. The average Bonchev–Trinajstić information content (AvgIpc) is 2.90. The SMILES string of the molecule is Cc1cc(C(O)c2c(Br)cnn2CCN(C)C)sc1C. The van der Waals surface area contributed by atoms with E-state index in [1.165, 1.54) is 10.4 Å². The Bertz CT molecular complexity index is 572. The van der Waals surface area contributed by atoms with E-state index in [9.17, 15) is 5.11 Å². The fourth-order valence-electron chi connectivity index (χ4n) is 1.99. The highest BCUT2D eigenvalue weighted by Crippen LogP contribution is 2.33. The van der Waals surface area contributed by atoms with Crippen molar-refractivity contribution in [2.45, 2.75) is 26.5 Å². The first-order valence-corrected chi connectivity index (χ1v) is 8.12. The number of halogens is 1. The molecule has 2 rings (SSSR count). The lowest BCUT2D eigenvalue weighted by atomic mass is 10.2. The molecule has 0 saturated carbocycles. The van der Waals surface area contributed by atoms with Crippen LogP contribution in [-0.4, -0.2) is 40.4 Å². The Labute approximate surface area is 132 Å². The van der Waals surface area contributed by atoms with Crippen molar-refractivity contribution in [1.82, 2.24) is 14.7 Å². The Morgan fingerprint density at radius 1 is 1.45 bits per heavy atom. The number of thiophene rings is 1. The summed E-state index contributed by atoms with van der Waals surface area (Å²) < 4.78 is 2.73. The van der Waals surface area contributed by atoms with E-state index in [-0.39, 0.29) is 0 Å². The molecule has 2 aromatic rings. The Morgan fingerprint density at radius 2 is 2.15 bits per heavy atom. The van der Waals surface area contributed by atoms with Crippen LogP contribution in [0.3, 0.4) is 0 Å². The summed E-state index contributed by atoms with van der Waals surface area (Å²) in [5.41, 5.74) is 2.05. The van der Waals surface area contributed by atoms with Gasteiger partial charge in [0.2, 0.25) is 0 Å². The molecule has 0 aliphatic carbocycles. The Balaban J connectivity index is 2.29. The van der Waals surface area contributed by atoms with E-state index >= 15 is 0 Å². The first kappa shape index (κ1) is 15.7. The minimum Gasteiger partial charge on any atom is -0.381 e. The Kier molecular flexibility index (Phi) is 5.01. The fraction of sp³-hybridized carbons (Fsp3) is 0.500. The largest absolute Gasteiger partial charge is 0.381 e. The van der Waals surface area contributed by atoms with Gasteiger partial charge >= 0.3 is 0 Å². The number of hydrogen-bond donors (Lipinski definition) is 1. The van der Waals surface area contributed by atoms with E-state index in [0.717, 1.165) is 28.1 Å². The van der Waals surface area contributed by atoms with E-state index in [2.05, 4.69) is 45.8 Å². The standard InChI is InChI=1S/C14H20BrN3OS/c1-9-7-12(20-10(9)2)14(19)13-11(15)8-16-18(13)6-5-17(3)4/h7-8,14,19H,5-6H2,1-4H3. The number of aryl methyl sites for hydroxylation is 2. The fourth-order valence-corrected chi connectivity index (χ4v) is 3.53. The highest BCUT2D eigenvalue weighted by molar-refractivity contribution is 9.10. The second kappa shape index (κ2) is 6.39. The minimum atomic E-state index is -0.633. The zero-order valence-electron chi connectivity index (χ0n) is 12.2. The van der Waals surface area contributed by atoms with Crippen LogP contribution in [0.4, 0.5) is 0 Å². The van der Waals surface area contributed by atoms with Crippen molar-refractivity contribution in [3.63, 3.8) is 0 Å². The van der Waals surface area contributed by atoms with Crippen LogP contribution in [0.25, 0.3) is 0 Å². The number of rotatable bonds is 5. The highest BCUT2D eigenvalue weighted by Gasteiger charge is 2.21. The van der Waals surface area contributed by atoms with Crippen LogP contribution < -0.4 is 0 Å². The van der Waals surface area contributed by atoms with Gasteiger partial charge in [-0.05, 0) is 55.5 Å². The molecule has 2 aromatic heterocycles. The first-order chi connectivity index (χ1) is 9.40. The van der Waals surface area contributed by atoms with Crippen LogP contribution in [0.5, 0.6) is 0 Å². The molecule has 0 radical (unpaired) electrons. The number of nitrogens with zero attached hydrogens (tertiary/aromatic N) is 3. The van der Waals surface area contributed by atoms with Crippen molar-refractivity contribution in [2.24, 2.45) is 0 Å². The van der Waals surface area contributed by atoms with Crippen molar-refractivity contribution < 1.29 is 5.11 Å². The molecule has 110 valence electrons. The third-order valence-corrected chi connectivity index (χ3v) is 5.12. The van der Waals surface area contributed by atoms with Crippen molar-refractivity contribution in [3.05, 3.63) is 37.7 Å². The molecule has 0 aliphatic rings. The summed E-state index contributed by atoms with van der Waals surface area (Å²) in [6.07, 6.45) is 1.12. The van der Waals surface area contributed by atoms with Crippen LogP contribution in [0, 0.1) is 13.8 Å². The summed E-state index contributed by atoms with van der Waals surface area (Å²) in [5, 5.41) is 15.0. The van der Waals surface area contributed by atoms with Crippen molar-refractivity contribution in [3.8, 4) is 0 Å². The highest BCUT2D eigenvalue weighted by atomic mass is 79.9. The average molecular weight is 358 g/mol.